The van der Waals surface area contributed by atoms with E-state index in [1.807, 2.05) is 0 Å². The Bertz CT molecular complexity index is 330. The van der Waals surface area contributed by atoms with Crippen molar-refractivity contribution >= 4 is 29.9 Å². The molecule has 0 heterocycles. The first kappa shape index (κ1) is 10.3. The molecule has 0 aromatic heterocycles. The maximum atomic E-state index is 5.88. The molecule has 0 aliphatic rings. The zero-order valence-corrected chi connectivity index (χ0v) is 8.95. The normalized spacial score (nSPS) is 9.85. The van der Waals surface area contributed by atoms with Crippen molar-refractivity contribution in [2.75, 3.05) is 20.0 Å². The molecule has 0 radical (unpaired) electrons. The van der Waals surface area contributed by atoms with Gasteiger partial charge in [-0.3, -0.25) is 0 Å². The first-order valence-corrected chi connectivity index (χ1v) is 4.33. The van der Waals surface area contributed by atoms with E-state index in [0.29, 0.717) is 27.1 Å². The molecular weight excluding hydrogens is 210 g/mol. The first-order chi connectivity index (χ1) is 6.11. The van der Waals surface area contributed by atoms with Crippen molar-refractivity contribution in [1.29, 1.82) is 0 Å². The first-order valence-electron chi connectivity index (χ1n) is 3.50. The van der Waals surface area contributed by atoms with Gasteiger partial charge in [-0.25, -0.2) is 0 Å². The van der Waals surface area contributed by atoms with Crippen LogP contribution in [-0.4, -0.2) is 14.2 Å². The second kappa shape index (κ2) is 3.98. The van der Waals surface area contributed by atoms with Gasteiger partial charge in [-0.05, 0) is 0 Å². The van der Waals surface area contributed by atoms with Gasteiger partial charge in [0.05, 0.1) is 29.8 Å². The minimum absolute atomic E-state index is 0.423. The molecule has 0 saturated heterocycles. The molecule has 1 aromatic rings. The molecule has 0 saturated carbocycles. The highest BCUT2D eigenvalue weighted by atomic mass is 35.5. The number of rotatable bonds is 2. The second-order valence-corrected chi connectivity index (χ2v) is 3.21. The van der Waals surface area contributed by atoms with Gasteiger partial charge >= 0.3 is 0 Å². The van der Waals surface area contributed by atoms with Crippen LogP contribution in [-0.2, 0) is 0 Å². The smallest absolute Gasteiger partial charge is 0.153 e. The molecule has 0 aliphatic heterocycles. The molecule has 0 spiro atoms. The molecule has 0 amide bonds. The molecule has 1 rings (SSSR count). The van der Waals surface area contributed by atoms with E-state index in [0.717, 1.165) is 0 Å². The van der Waals surface area contributed by atoms with E-state index in [1.54, 1.807) is 6.07 Å². The number of nitrogens with two attached hydrogens (primary N) is 1. The Kier molecular flexibility index (Phi) is 3.17. The minimum Gasteiger partial charge on any atom is -0.494 e. The summed E-state index contributed by atoms with van der Waals surface area (Å²) in [5.74, 6) is 0.958. The van der Waals surface area contributed by atoms with Crippen LogP contribution in [0.2, 0.25) is 5.02 Å². The average molecular weight is 220 g/mol. The summed E-state index contributed by atoms with van der Waals surface area (Å²) in [5, 5.41) is 0.429. The molecule has 0 unspecified atom stereocenters. The van der Waals surface area contributed by atoms with Crippen LogP contribution in [0.5, 0.6) is 11.5 Å². The summed E-state index contributed by atoms with van der Waals surface area (Å²) in [6.45, 7) is 0. The zero-order valence-electron chi connectivity index (χ0n) is 7.30. The molecule has 5 heteroatoms. The summed E-state index contributed by atoms with van der Waals surface area (Å²) in [4.78, 5) is 0.492. The number of hydrogen-bond acceptors (Lipinski definition) is 4. The van der Waals surface area contributed by atoms with Gasteiger partial charge in [-0.2, -0.15) is 0 Å². The van der Waals surface area contributed by atoms with E-state index < -0.39 is 0 Å². The van der Waals surface area contributed by atoms with Crippen LogP contribution in [0, 0.1) is 0 Å². The van der Waals surface area contributed by atoms with Gasteiger partial charge in [0.1, 0.15) is 5.75 Å². The molecule has 2 N–H and O–H groups in total. The number of benzene rings is 1. The van der Waals surface area contributed by atoms with Crippen molar-refractivity contribution in [2.24, 2.45) is 0 Å². The van der Waals surface area contributed by atoms with E-state index in [2.05, 4.69) is 12.6 Å². The lowest BCUT2D eigenvalue weighted by Gasteiger charge is -2.12. The summed E-state index contributed by atoms with van der Waals surface area (Å²) in [7, 11) is 3.02. The summed E-state index contributed by atoms with van der Waals surface area (Å²) < 4.78 is 10.0. The highest BCUT2D eigenvalue weighted by Gasteiger charge is 2.13. The number of hydrogen-bond donors (Lipinski definition) is 2. The van der Waals surface area contributed by atoms with Gasteiger partial charge in [0.15, 0.2) is 5.75 Å². The van der Waals surface area contributed by atoms with Gasteiger partial charge in [-0.15, -0.1) is 12.6 Å². The van der Waals surface area contributed by atoms with Gasteiger partial charge in [0.25, 0.3) is 0 Å². The number of ether oxygens (including phenoxy) is 2. The summed E-state index contributed by atoms with van der Waals surface area (Å²) in [5.41, 5.74) is 6.12. The molecular formula is C8H10ClNO2S. The van der Waals surface area contributed by atoms with Crippen molar-refractivity contribution in [1.82, 2.24) is 0 Å². The monoisotopic (exact) mass is 219 g/mol. The van der Waals surface area contributed by atoms with Gasteiger partial charge in [0, 0.05) is 6.07 Å². The SMILES string of the molecule is COc1cc(Cl)c(OC)c(S)c1N. The summed E-state index contributed by atoms with van der Waals surface area (Å²) >= 11 is 10.0. The molecule has 3 nitrogen and oxygen atoms in total. The lowest BCUT2D eigenvalue weighted by Crippen LogP contribution is -1.96. The van der Waals surface area contributed by atoms with Crippen LogP contribution in [0.1, 0.15) is 0 Å². The number of thiol groups is 1. The highest BCUT2D eigenvalue weighted by molar-refractivity contribution is 7.80. The molecule has 0 atom stereocenters. The van der Waals surface area contributed by atoms with E-state index in [9.17, 15) is 0 Å². The van der Waals surface area contributed by atoms with Crippen molar-refractivity contribution < 1.29 is 9.47 Å². The minimum atomic E-state index is 0.423. The van der Waals surface area contributed by atoms with Crippen LogP contribution in [0.3, 0.4) is 0 Å². The highest BCUT2D eigenvalue weighted by Crippen LogP contribution is 2.41. The molecule has 13 heavy (non-hydrogen) atoms. The van der Waals surface area contributed by atoms with E-state index in [-0.39, 0.29) is 0 Å². The van der Waals surface area contributed by atoms with Gasteiger partial charge in [0.2, 0.25) is 0 Å². The van der Waals surface area contributed by atoms with E-state index in [1.165, 1.54) is 14.2 Å². The Morgan fingerprint density at radius 2 is 2.00 bits per heavy atom. The summed E-state index contributed by atoms with van der Waals surface area (Å²) in [6, 6.07) is 1.59. The third-order valence-electron chi connectivity index (χ3n) is 1.63. The Labute approximate surface area is 87.2 Å². The Morgan fingerprint density at radius 1 is 1.38 bits per heavy atom. The Hall–Kier alpha value is -0.740. The van der Waals surface area contributed by atoms with Crippen LogP contribution >= 0.6 is 24.2 Å². The molecule has 0 fully saturated rings. The standard InChI is InChI=1S/C8H10ClNO2S/c1-11-5-3-4(9)7(12-2)8(13)6(5)10/h3,13H,10H2,1-2H3. The third kappa shape index (κ3) is 1.78. The van der Waals surface area contributed by atoms with Crippen molar-refractivity contribution in [3.05, 3.63) is 11.1 Å². The van der Waals surface area contributed by atoms with Crippen molar-refractivity contribution in [3.8, 4) is 11.5 Å². The number of nitrogen functional groups attached to an aromatic ring is 1. The number of halogens is 1. The van der Waals surface area contributed by atoms with Crippen LogP contribution < -0.4 is 15.2 Å². The fourth-order valence-corrected chi connectivity index (χ4v) is 1.63. The van der Waals surface area contributed by atoms with Crippen molar-refractivity contribution in [3.63, 3.8) is 0 Å². The van der Waals surface area contributed by atoms with E-state index in [4.69, 9.17) is 26.8 Å². The Balaban J connectivity index is 3.37. The molecule has 1 aromatic carbocycles. The average Bonchev–Trinajstić information content (AvgIpc) is 2.12. The van der Waals surface area contributed by atoms with Crippen LogP contribution in [0.15, 0.2) is 11.0 Å². The third-order valence-corrected chi connectivity index (χ3v) is 2.36. The maximum Gasteiger partial charge on any atom is 0.153 e. The number of anilines is 1. The van der Waals surface area contributed by atoms with Crippen molar-refractivity contribution in [2.45, 2.75) is 4.90 Å². The topological polar surface area (TPSA) is 44.5 Å². The quantitative estimate of drug-likeness (QED) is 0.592. The fraction of sp³-hybridized carbons (Fsp3) is 0.250. The van der Waals surface area contributed by atoms with Crippen LogP contribution in [0.25, 0.3) is 0 Å². The molecule has 0 aliphatic carbocycles. The maximum absolute atomic E-state index is 5.88. The largest absolute Gasteiger partial charge is 0.494 e. The lowest BCUT2D eigenvalue weighted by atomic mass is 10.2. The predicted octanol–water partition coefficient (Wildman–Crippen LogP) is 2.23. The van der Waals surface area contributed by atoms with Gasteiger partial charge < -0.3 is 15.2 Å². The lowest BCUT2D eigenvalue weighted by molar-refractivity contribution is 0.396. The zero-order chi connectivity index (χ0) is 10.0. The predicted molar refractivity (Wildman–Crippen MR) is 56.2 cm³/mol. The fourth-order valence-electron chi connectivity index (χ4n) is 0.974. The summed E-state index contributed by atoms with van der Waals surface area (Å²) in [6.07, 6.45) is 0. The van der Waals surface area contributed by atoms with Crippen LogP contribution in [0.4, 0.5) is 5.69 Å². The Morgan fingerprint density at radius 3 is 2.46 bits per heavy atom. The van der Waals surface area contributed by atoms with Gasteiger partial charge in [-0.1, -0.05) is 11.6 Å². The molecule has 0 bridgehead atoms. The second-order valence-electron chi connectivity index (χ2n) is 2.36. The molecule has 72 valence electrons. The van der Waals surface area contributed by atoms with E-state index >= 15 is 0 Å². The number of methoxy groups -OCH3 is 2.